The summed E-state index contributed by atoms with van der Waals surface area (Å²) in [5, 5.41) is 2.58. The lowest BCUT2D eigenvalue weighted by atomic mass is 9.95. The maximum absolute atomic E-state index is 15.0. The number of aryl methyl sites for hydroxylation is 2. The van der Waals surface area contributed by atoms with Gasteiger partial charge in [0.05, 0.1) is 22.5 Å². The highest BCUT2D eigenvalue weighted by Gasteiger charge is 2.43. The zero-order valence-corrected chi connectivity index (χ0v) is 39.6. The largest absolute Gasteiger partial charge is 0.340 e. The molecule has 0 bridgehead atoms. The minimum absolute atomic E-state index is 0.0368. The molecule has 5 nitrogen and oxygen atoms in total. The minimum Gasteiger partial charge on any atom is -0.340 e. The van der Waals surface area contributed by atoms with Gasteiger partial charge in [-0.1, -0.05) is 166 Å². The quantitative estimate of drug-likeness (QED) is 0.0396. The third-order valence-electron chi connectivity index (χ3n) is 13.9. The molecule has 0 N–H and O–H groups in total. The SMILES string of the molecule is C/C=C/c1ccc2c(c1)c1cc(/C=C/c3ccc4c(c3)N(CC(CC)CCCC)C(=O)/C4=C3/C(=O)N(CC(CC)CCCC)c4cc(C)ccc43)ccc1n2CCCCCCCC. The number of carbonyl (C=O) groups is 2. The number of aromatic nitrogens is 1. The van der Waals surface area contributed by atoms with Crippen LogP contribution in [-0.2, 0) is 16.1 Å². The zero-order chi connectivity index (χ0) is 44.5. The van der Waals surface area contributed by atoms with Gasteiger partial charge in [0, 0.05) is 52.6 Å². The van der Waals surface area contributed by atoms with E-state index in [2.05, 4.69) is 150 Å². The lowest BCUT2D eigenvalue weighted by Crippen LogP contribution is -2.34. The van der Waals surface area contributed by atoms with Crippen molar-refractivity contribution in [2.45, 2.75) is 145 Å². The van der Waals surface area contributed by atoms with Gasteiger partial charge in [0.2, 0.25) is 0 Å². The third kappa shape index (κ3) is 9.99. The van der Waals surface area contributed by atoms with Crippen LogP contribution in [-0.4, -0.2) is 29.5 Å². The van der Waals surface area contributed by atoms with Gasteiger partial charge in [0.15, 0.2) is 0 Å². The van der Waals surface area contributed by atoms with Crippen molar-refractivity contribution in [2.75, 3.05) is 22.9 Å². The molecule has 2 unspecified atom stereocenters. The van der Waals surface area contributed by atoms with Crippen LogP contribution in [0, 0.1) is 18.8 Å². The highest BCUT2D eigenvalue weighted by molar-refractivity contribution is 6.50. The number of hydrogen-bond acceptors (Lipinski definition) is 2. The van der Waals surface area contributed by atoms with E-state index >= 15 is 4.79 Å². The second-order valence-electron chi connectivity index (χ2n) is 18.5. The molecule has 2 aliphatic heterocycles. The van der Waals surface area contributed by atoms with Crippen LogP contribution in [0.4, 0.5) is 11.4 Å². The Morgan fingerprint density at radius 2 is 1.00 bits per heavy atom. The van der Waals surface area contributed by atoms with Crippen molar-refractivity contribution in [3.05, 3.63) is 112 Å². The molecule has 332 valence electrons. The van der Waals surface area contributed by atoms with E-state index in [0.717, 1.165) is 97.1 Å². The molecule has 63 heavy (non-hydrogen) atoms. The monoisotopic (exact) mass is 844 g/mol. The molecular formula is C58H73N3O2. The Morgan fingerprint density at radius 1 is 0.524 bits per heavy atom. The van der Waals surface area contributed by atoms with Crippen LogP contribution < -0.4 is 9.80 Å². The summed E-state index contributed by atoms with van der Waals surface area (Å²) in [5.41, 5.74) is 11.9. The average molecular weight is 844 g/mol. The fourth-order valence-electron chi connectivity index (χ4n) is 10.1. The Balaban J connectivity index is 1.26. The molecule has 2 aliphatic rings. The Bertz CT molecular complexity index is 2500. The van der Waals surface area contributed by atoms with Gasteiger partial charge in [-0.3, -0.25) is 9.59 Å². The van der Waals surface area contributed by atoms with E-state index in [-0.39, 0.29) is 11.8 Å². The number of hydrogen-bond donors (Lipinski definition) is 0. The molecule has 4 aromatic carbocycles. The molecule has 3 heterocycles. The van der Waals surface area contributed by atoms with Crippen LogP contribution >= 0.6 is 0 Å². The normalized spacial score (nSPS) is 16.2. The summed E-state index contributed by atoms with van der Waals surface area (Å²) in [7, 11) is 0. The lowest BCUT2D eigenvalue weighted by molar-refractivity contribution is -0.114. The molecule has 5 heteroatoms. The maximum Gasteiger partial charge on any atom is 0.259 e. The summed E-state index contributed by atoms with van der Waals surface area (Å²) >= 11 is 0. The van der Waals surface area contributed by atoms with Gasteiger partial charge in [0.1, 0.15) is 0 Å². The van der Waals surface area contributed by atoms with Crippen LogP contribution in [0.2, 0.25) is 0 Å². The molecule has 0 saturated heterocycles. The molecule has 2 atom stereocenters. The van der Waals surface area contributed by atoms with Gasteiger partial charge in [-0.2, -0.15) is 0 Å². The molecule has 0 saturated carbocycles. The topological polar surface area (TPSA) is 45.6 Å². The molecule has 0 spiro atoms. The third-order valence-corrected chi connectivity index (χ3v) is 13.9. The Hall–Kier alpha value is -5.16. The van der Waals surface area contributed by atoms with E-state index in [1.807, 2.05) is 9.80 Å². The molecule has 7 rings (SSSR count). The summed E-state index contributed by atoms with van der Waals surface area (Å²) in [4.78, 5) is 33.8. The minimum atomic E-state index is -0.0454. The van der Waals surface area contributed by atoms with Crippen molar-refractivity contribution < 1.29 is 9.59 Å². The van der Waals surface area contributed by atoms with E-state index in [0.29, 0.717) is 36.1 Å². The summed E-state index contributed by atoms with van der Waals surface area (Å²) in [6, 6.07) is 26.5. The molecule has 0 fully saturated rings. The Kier molecular flexibility index (Phi) is 15.6. The van der Waals surface area contributed by atoms with Gasteiger partial charge >= 0.3 is 0 Å². The first-order valence-corrected chi connectivity index (χ1v) is 24.7. The van der Waals surface area contributed by atoms with Gasteiger partial charge < -0.3 is 14.4 Å². The first kappa shape index (κ1) is 45.9. The summed E-state index contributed by atoms with van der Waals surface area (Å²) in [5.74, 6) is 0.706. The summed E-state index contributed by atoms with van der Waals surface area (Å²) in [6.45, 7) is 17.7. The number of nitrogens with zero attached hydrogens (tertiary/aromatic N) is 3. The maximum atomic E-state index is 15.0. The highest BCUT2D eigenvalue weighted by atomic mass is 16.2. The number of carbonyl (C=O) groups excluding carboxylic acids is 2. The van der Waals surface area contributed by atoms with E-state index in [1.54, 1.807) is 0 Å². The van der Waals surface area contributed by atoms with Crippen LogP contribution in [0.25, 0.3) is 51.2 Å². The van der Waals surface area contributed by atoms with Gasteiger partial charge in [-0.15, -0.1) is 0 Å². The Labute approximate surface area is 378 Å². The average Bonchev–Trinajstić information content (AvgIpc) is 3.85. The highest BCUT2D eigenvalue weighted by Crippen LogP contribution is 2.48. The predicted octanol–water partition coefficient (Wildman–Crippen LogP) is 15.7. The molecule has 1 aromatic heterocycles. The van der Waals surface area contributed by atoms with E-state index in [9.17, 15) is 4.79 Å². The van der Waals surface area contributed by atoms with Crippen molar-refractivity contribution >= 4 is 74.4 Å². The van der Waals surface area contributed by atoms with Crippen molar-refractivity contribution in [1.82, 2.24) is 4.57 Å². The fourth-order valence-corrected chi connectivity index (χ4v) is 10.1. The number of rotatable bonds is 22. The van der Waals surface area contributed by atoms with Crippen molar-refractivity contribution in [3.8, 4) is 0 Å². The van der Waals surface area contributed by atoms with Crippen LogP contribution in [0.3, 0.4) is 0 Å². The predicted molar refractivity (Wildman–Crippen MR) is 272 cm³/mol. The number of allylic oxidation sites excluding steroid dienone is 1. The summed E-state index contributed by atoms with van der Waals surface area (Å²) < 4.78 is 2.53. The van der Waals surface area contributed by atoms with Crippen LogP contribution in [0.15, 0.2) is 78.9 Å². The number of unbranched alkanes of at least 4 members (excludes halogenated alkanes) is 7. The van der Waals surface area contributed by atoms with Gasteiger partial charge in [0.25, 0.3) is 11.8 Å². The first-order chi connectivity index (χ1) is 30.7. The number of fused-ring (bicyclic) bond motifs is 5. The van der Waals surface area contributed by atoms with E-state index in [4.69, 9.17) is 0 Å². The van der Waals surface area contributed by atoms with E-state index < -0.39 is 0 Å². The molecular weight excluding hydrogens is 771 g/mol. The van der Waals surface area contributed by atoms with Gasteiger partial charge in [-0.25, -0.2) is 0 Å². The molecule has 0 radical (unpaired) electrons. The smallest absolute Gasteiger partial charge is 0.259 e. The van der Waals surface area contributed by atoms with Crippen LogP contribution in [0.5, 0.6) is 0 Å². The van der Waals surface area contributed by atoms with Crippen molar-refractivity contribution in [1.29, 1.82) is 0 Å². The molecule has 5 aromatic rings. The number of benzene rings is 4. The Morgan fingerprint density at radius 3 is 1.54 bits per heavy atom. The standard InChI is InChI=1S/C58H73N3O2/c1-8-14-17-18-19-20-34-59-51-32-28-44(21-11-4)36-49(51)50-37-45(29-33-52(50)59)25-26-46-27-31-48-54(38-46)61(40-43(13-6)23-16-10-3)58(63)56(48)55-47-30-24-41(7)35-53(47)60(57(55)62)39-42(12-5)22-15-9-2/h11,21,24-33,35-38,42-43H,8-10,12-20,22-23,34,39-40H2,1-7H3/b21-11+,26-25+,56-55+. The first-order valence-electron chi connectivity index (χ1n) is 24.7. The number of amides is 2. The molecule has 2 amide bonds. The van der Waals surface area contributed by atoms with Crippen molar-refractivity contribution in [3.63, 3.8) is 0 Å². The van der Waals surface area contributed by atoms with Crippen molar-refractivity contribution in [2.24, 2.45) is 11.8 Å². The fraction of sp³-hybridized carbons (Fsp3) is 0.448. The van der Waals surface area contributed by atoms with Gasteiger partial charge in [-0.05, 0) is 104 Å². The molecule has 0 aliphatic carbocycles. The second kappa shape index (κ2) is 21.5. The zero-order valence-electron chi connectivity index (χ0n) is 39.6. The lowest BCUT2D eigenvalue weighted by Gasteiger charge is -2.24. The van der Waals surface area contributed by atoms with E-state index in [1.165, 1.54) is 65.9 Å². The second-order valence-corrected chi connectivity index (χ2v) is 18.5. The van der Waals surface area contributed by atoms with Crippen LogP contribution in [0.1, 0.15) is 165 Å². The number of anilines is 2. The summed E-state index contributed by atoms with van der Waals surface area (Å²) in [6.07, 6.45) is 25.1.